The Morgan fingerprint density at radius 3 is 2.79 bits per heavy atom. The Hall–Kier alpha value is -0.120. The number of nitrogens with two attached hydrogens (primary N) is 1. The highest BCUT2D eigenvalue weighted by atomic mass is 16.3. The van der Waals surface area contributed by atoms with Gasteiger partial charge in [0.2, 0.25) is 0 Å². The van der Waals surface area contributed by atoms with Gasteiger partial charge < -0.3 is 10.8 Å². The normalized spacial score (nSPS) is 28.7. The highest BCUT2D eigenvalue weighted by molar-refractivity contribution is 4.83. The van der Waals surface area contributed by atoms with E-state index in [9.17, 15) is 5.11 Å². The lowest BCUT2D eigenvalue weighted by Crippen LogP contribution is -2.50. The predicted octanol–water partition coefficient (Wildman–Crippen LogP) is 0.961. The molecule has 2 atom stereocenters. The van der Waals surface area contributed by atoms with E-state index in [1.165, 1.54) is 19.3 Å². The van der Waals surface area contributed by atoms with Gasteiger partial charge >= 0.3 is 0 Å². The van der Waals surface area contributed by atoms with Crippen LogP contribution in [0.25, 0.3) is 0 Å². The van der Waals surface area contributed by atoms with E-state index >= 15 is 0 Å². The average Bonchev–Trinajstić information content (AvgIpc) is 2.18. The smallest absolute Gasteiger partial charge is 0.0743 e. The minimum absolute atomic E-state index is 0.488. The Kier molecular flexibility index (Phi) is 4.35. The molecule has 0 aromatic heterocycles. The third-order valence-electron chi connectivity index (χ3n) is 3.33. The van der Waals surface area contributed by atoms with Gasteiger partial charge in [-0.05, 0) is 32.7 Å². The van der Waals surface area contributed by atoms with Crippen LogP contribution in [0.4, 0.5) is 0 Å². The molecule has 0 aromatic rings. The van der Waals surface area contributed by atoms with E-state index in [1.54, 1.807) is 0 Å². The van der Waals surface area contributed by atoms with Crippen molar-refractivity contribution in [2.45, 2.75) is 51.2 Å². The van der Waals surface area contributed by atoms with Crippen molar-refractivity contribution in [1.82, 2.24) is 4.90 Å². The number of aliphatic hydroxyl groups is 1. The van der Waals surface area contributed by atoms with Crippen molar-refractivity contribution in [3.05, 3.63) is 0 Å². The molecule has 1 aliphatic heterocycles. The van der Waals surface area contributed by atoms with Crippen molar-refractivity contribution < 1.29 is 5.11 Å². The molecule has 2 unspecified atom stereocenters. The van der Waals surface area contributed by atoms with Crippen molar-refractivity contribution in [3.63, 3.8) is 0 Å². The van der Waals surface area contributed by atoms with Crippen LogP contribution < -0.4 is 5.73 Å². The Labute approximate surface area is 87.3 Å². The molecule has 0 spiro atoms. The molecule has 1 fully saturated rings. The lowest BCUT2D eigenvalue weighted by atomic mass is 9.97. The first kappa shape index (κ1) is 12.0. The van der Waals surface area contributed by atoms with Gasteiger partial charge in [-0.1, -0.05) is 13.3 Å². The number of likely N-dealkylation sites (tertiary alicyclic amines) is 1. The van der Waals surface area contributed by atoms with E-state index in [0.717, 1.165) is 26.1 Å². The molecule has 0 amide bonds. The summed E-state index contributed by atoms with van der Waals surface area (Å²) in [7, 11) is 0. The summed E-state index contributed by atoms with van der Waals surface area (Å²) >= 11 is 0. The second-order valence-electron chi connectivity index (χ2n) is 4.71. The lowest BCUT2D eigenvalue weighted by Gasteiger charge is -2.39. The average molecular weight is 200 g/mol. The fraction of sp³-hybridized carbons (Fsp3) is 1.00. The van der Waals surface area contributed by atoms with E-state index in [1.807, 2.05) is 13.8 Å². The Bertz CT molecular complexity index is 171. The molecule has 0 radical (unpaired) electrons. The van der Waals surface area contributed by atoms with Gasteiger partial charge in [-0.15, -0.1) is 0 Å². The van der Waals surface area contributed by atoms with E-state index in [-0.39, 0.29) is 0 Å². The van der Waals surface area contributed by atoms with Crippen LogP contribution in [0.3, 0.4) is 0 Å². The van der Waals surface area contributed by atoms with Crippen LogP contribution in [0.2, 0.25) is 0 Å². The maximum Gasteiger partial charge on any atom is 0.0743 e. The number of hydrogen-bond acceptors (Lipinski definition) is 3. The van der Waals surface area contributed by atoms with E-state index in [2.05, 4.69) is 4.90 Å². The van der Waals surface area contributed by atoms with Crippen molar-refractivity contribution in [1.29, 1.82) is 0 Å². The zero-order valence-electron chi connectivity index (χ0n) is 9.50. The van der Waals surface area contributed by atoms with E-state index in [0.29, 0.717) is 6.04 Å². The van der Waals surface area contributed by atoms with Crippen LogP contribution in [0.15, 0.2) is 0 Å². The fourth-order valence-electron chi connectivity index (χ4n) is 2.08. The predicted molar refractivity (Wildman–Crippen MR) is 59.2 cm³/mol. The first-order valence-electron chi connectivity index (χ1n) is 5.75. The second-order valence-corrected chi connectivity index (χ2v) is 4.71. The van der Waals surface area contributed by atoms with Crippen molar-refractivity contribution >= 4 is 0 Å². The summed E-state index contributed by atoms with van der Waals surface area (Å²) in [5.41, 5.74) is 5.18. The summed E-state index contributed by atoms with van der Waals surface area (Å²) in [5, 5.41) is 10.0. The fourth-order valence-corrected chi connectivity index (χ4v) is 2.08. The first-order chi connectivity index (χ1) is 6.59. The van der Waals surface area contributed by atoms with Gasteiger partial charge in [0.15, 0.2) is 0 Å². The molecule has 3 N–H and O–H groups in total. The molecule has 3 heteroatoms. The van der Waals surface area contributed by atoms with Gasteiger partial charge in [-0.3, -0.25) is 4.90 Å². The Morgan fingerprint density at radius 2 is 2.21 bits per heavy atom. The lowest BCUT2D eigenvalue weighted by molar-refractivity contribution is -0.00461. The molecular weight excluding hydrogens is 176 g/mol. The summed E-state index contributed by atoms with van der Waals surface area (Å²) in [5.74, 6) is 0. The molecule has 1 aliphatic rings. The topological polar surface area (TPSA) is 49.5 Å². The molecule has 0 bridgehead atoms. The number of β-amino-alcohol motifs (C(OH)–C–C–N with tert-alkyl or cyclic N) is 1. The third kappa shape index (κ3) is 3.23. The number of piperidine rings is 1. The van der Waals surface area contributed by atoms with Gasteiger partial charge in [-0.2, -0.15) is 0 Å². The summed E-state index contributed by atoms with van der Waals surface area (Å²) in [6.07, 6.45) is 4.53. The molecule has 0 aromatic carbocycles. The Balaban J connectivity index is 2.48. The highest BCUT2D eigenvalue weighted by Crippen LogP contribution is 2.20. The van der Waals surface area contributed by atoms with Crippen LogP contribution in [-0.2, 0) is 0 Å². The molecule has 84 valence electrons. The molecule has 14 heavy (non-hydrogen) atoms. The van der Waals surface area contributed by atoms with E-state index in [4.69, 9.17) is 5.73 Å². The van der Waals surface area contributed by atoms with Gasteiger partial charge in [0, 0.05) is 19.1 Å². The van der Waals surface area contributed by atoms with Crippen LogP contribution in [0.5, 0.6) is 0 Å². The number of hydrogen-bond donors (Lipinski definition) is 2. The molecule has 0 aliphatic carbocycles. The van der Waals surface area contributed by atoms with Gasteiger partial charge in [0.1, 0.15) is 0 Å². The first-order valence-corrected chi connectivity index (χ1v) is 5.75. The quantitative estimate of drug-likeness (QED) is 0.710. The molecule has 1 heterocycles. The molecule has 1 saturated heterocycles. The maximum absolute atomic E-state index is 10.0. The molecule has 0 saturated carbocycles. The van der Waals surface area contributed by atoms with Gasteiger partial charge in [0.25, 0.3) is 0 Å². The molecule has 1 rings (SSSR count). The van der Waals surface area contributed by atoms with Crippen molar-refractivity contribution in [2.24, 2.45) is 5.73 Å². The van der Waals surface area contributed by atoms with Crippen molar-refractivity contribution in [2.75, 3.05) is 19.6 Å². The van der Waals surface area contributed by atoms with Crippen LogP contribution in [-0.4, -0.2) is 41.3 Å². The monoisotopic (exact) mass is 200 g/mol. The summed E-state index contributed by atoms with van der Waals surface area (Å²) < 4.78 is 0. The van der Waals surface area contributed by atoms with E-state index < -0.39 is 5.60 Å². The van der Waals surface area contributed by atoms with Crippen LogP contribution in [0, 0.1) is 0 Å². The Morgan fingerprint density at radius 1 is 1.50 bits per heavy atom. The highest BCUT2D eigenvalue weighted by Gasteiger charge is 2.27. The van der Waals surface area contributed by atoms with Gasteiger partial charge in [-0.25, -0.2) is 0 Å². The second kappa shape index (κ2) is 5.10. The van der Waals surface area contributed by atoms with Crippen molar-refractivity contribution in [3.8, 4) is 0 Å². The third-order valence-corrected chi connectivity index (χ3v) is 3.33. The zero-order valence-corrected chi connectivity index (χ0v) is 9.50. The minimum atomic E-state index is -0.551. The summed E-state index contributed by atoms with van der Waals surface area (Å²) in [4.78, 5) is 2.35. The largest absolute Gasteiger partial charge is 0.389 e. The number of nitrogens with zero attached hydrogens (tertiary/aromatic N) is 1. The standard InChI is InChI=1S/C11H24N2O/c1-3-11(2,14)9-13-7-5-4-6-10(13)8-12/h10,14H,3-9,12H2,1-2H3. The molecular formula is C11H24N2O. The maximum atomic E-state index is 10.0. The number of rotatable bonds is 4. The molecule has 3 nitrogen and oxygen atoms in total. The van der Waals surface area contributed by atoms with Crippen LogP contribution in [0.1, 0.15) is 39.5 Å². The van der Waals surface area contributed by atoms with Crippen LogP contribution >= 0.6 is 0 Å². The SMILES string of the molecule is CCC(C)(O)CN1CCCCC1CN. The van der Waals surface area contributed by atoms with Gasteiger partial charge in [0.05, 0.1) is 5.60 Å². The minimum Gasteiger partial charge on any atom is -0.389 e. The zero-order chi connectivity index (χ0) is 10.6. The summed E-state index contributed by atoms with van der Waals surface area (Å²) in [6.45, 7) is 6.53. The summed E-state index contributed by atoms with van der Waals surface area (Å²) in [6, 6.07) is 0.488.